The van der Waals surface area contributed by atoms with Gasteiger partial charge in [0.15, 0.2) is 11.3 Å². The molecular weight excluding hydrogens is 477 g/mol. The number of aromatic nitrogens is 7. The minimum Gasteiger partial charge on any atom is -0.300 e. The molecule has 5 aromatic rings. The average Bonchev–Trinajstić information content (AvgIpc) is 3.62. The smallest absolute Gasteiger partial charge is 0.232 e. The standard InChI is InChI=1S/C26H18FN7OS/c1-2-3-19(35)34-14-10-13(11-28-12-14)15-4-5-17-21(22(15)27)24(33-32-17)26-30-23-16(8-9-29-25(23)31-26)18-6-7-20(34)36-18/h4-12,32-33H,2-3H2,1H3. The summed E-state index contributed by atoms with van der Waals surface area (Å²) in [5.41, 5.74) is 3.40. The first kappa shape index (κ1) is 20.9. The molecule has 36 heavy (non-hydrogen) atoms. The van der Waals surface area contributed by atoms with Crippen molar-refractivity contribution in [1.29, 1.82) is 0 Å². The molecule has 0 fully saturated rings. The quantitative estimate of drug-likeness (QED) is 0.290. The molecule has 2 aliphatic rings. The van der Waals surface area contributed by atoms with Crippen LogP contribution in [0, 0.1) is 5.82 Å². The summed E-state index contributed by atoms with van der Waals surface area (Å²) in [4.78, 5) is 32.2. The van der Waals surface area contributed by atoms with Crippen molar-refractivity contribution in [2.24, 2.45) is 0 Å². The molecule has 10 heteroatoms. The number of rotatable bonds is 2. The number of nitrogens with one attached hydrogen (secondary N) is 2. The molecule has 0 saturated carbocycles. The molecule has 6 heterocycles. The Morgan fingerprint density at radius 1 is 1.06 bits per heavy atom. The van der Waals surface area contributed by atoms with Crippen LogP contribution in [0.2, 0.25) is 0 Å². The number of halogens is 1. The van der Waals surface area contributed by atoms with E-state index in [4.69, 9.17) is 4.98 Å². The largest absolute Gasteiger partial charge is 0.300 e. The minimum atomic E-state index is -0.430. The Kier molecular flexibility index (Phi) is 4.52. The number of hydrogen-bond donors (Lipinski definition) is 2. The summed E-state index contributed by atoms with van der Waals surface area (Å²) in [7, 11) is 0. The van der Waals surface area contributed by atoms with Crippen molar-refractivity contribution in [1.82, 2.24) is 34.7 Å². The number of H-pyrrole nitrogens is 2. The monoisotopic (exact) mass is 495 g/mol. The van der Waals surface area contributed by atoms with Crippen LogP contribution in [0.4, 0.5) is 4.39 Å². The van der Waals surface area contributed by atoms with Crippen LogP contribution in [0.25, 0.3) is 64.8 Å². The van der Waals surface area contributed by atoms with Crippen molar-refractivity contribution in [3.63, 3.8) is 0 Å². The van der Waals surface area contributed by atoms with Crippen molar-refractivity contribution in [2.45, 2.75) is 19.8 Å². The Bertz CT molecular complexity index is 2010. The summed E-state index contributed by atoms with van der Waals surface area (Å²) in [6.07, 6.45) is 6.00. The zero-order valence-electron chi connectivity index (χ0n) is 19.0. The number of imidazole rings is 1. The lowest BCUT2D eigenvalue weighted by Gasteiger charge is -2.07. The molecule has 0 saturated heterocycles. The molecule has 2 N–H and O–H groups in total. The molecule has 0 atom stereocenters. The first-order chi connectivity index (χ1) is 17.6. The number of aromatic amines is 2. The molecule has 0 radical (unpaired) electrons. The van der Waals surface area contributed by atoms with E-state index in [9.17, 15) is 4.79 Å². The van der Waals surface area contributed by atoms with E-state index in [0.29, 0.717) is 62.7 Å². The number of carbonyl (C=O) groups excluding carboxylic acids is 1. The zero-order chi connectivity index (χ0) is 24.4. The highest BCUT2D eigenvalue weighted by Crippen LogP contribution is 2.35. The maximum absolute atomic E-state index is 16.1. The molecule has 0 unspecified atom stereocenters. The Morgan fingerprint density at radius 3 is 2.86 bits per heavy atom. The van der Waals surface area contributed by atoms with Gasteiger partial charge in [0, 0.05) is 39.7 Å². The van der Waals surface area contributed by atoms with Crippen molar-refractivity contribution in [3.8, 4) is 11.3 Å². The van der Waals surface area contributed by atoms with E-state index < -0.39 is 5.82 Å². The first-order valence-electron chi connectivity index (χ1n) is 11.5. The maximum Gasteiger partial charge on any atom is 0.232 e. The van der Waals surface area contributed by atoms with Crippen LogP contribution in [-0.2, 0) is 0 Å². The second-order valence-electron chi connectivity index (χ2n) is 8.60. The topological polar surface area (TPSA) is 105 Å². The number of benzene rings is 1. The van der Waals surface area contributed by atoms with E-state index in [0.717, 1.165) is 14.9 Å². The summed E-state index contributed by atoms with van der Waals surface area (Å²) in [6.45, 7) is 1.97. The van der Waals surface area contributed by atoms with Gasteiger partial charge in [0.05, 0.1) is 22.8 Å². The second-order valence-corrected chi connectivity index (χ2v) is 9.66. The number of pyridine rings is 2. The molecule has 7 rings (SSSR count). The lowest BCUT2D eigenvalue weighted by molar-refractivity contribution is 0.0912. The summed E-state index contributed by atoms with van der Waals surface area (Å²) >= 11 is 1.48. The third kappa shape index (κ3) is 3.01. The van der Waals surface area contributed by atoms with Crippen molar-refractivity contribution in [2.75, 3.05) is 0 Å². The number of nitrogens with zero attached hydrogens (tertiary/aromatic N) is 5. The molecule has 1 aromatic carbocycles. The summed E-state index contributed by atoms with van der Waals surface area (Å²) in [6, 6.07) is 11.1. The fraction of sp³-hybridized carbons (Fsp3) is 0.115. The van der Waals surface area contributed by atoms with E-state index >= 15 is 4.39 Å². The lowest BCUT2D eigenvalue weighted by Crippen LogP contribution is -2.10. The molecule has 4 aromatic heterocycles. The number of thiophene rings is 1. The third-order valence-corrected chi connectivity index (χ3v) is 7.46. The minimum absolute atomic E-state index is 0.0529. The molecule has 2 aliphatic heterocycles. The van der Waals surface area contributed by atoms with Crippen molar-refractivity contribution in [3.05, 3.63) is 60.8 Å². The Morgan fingerprint density at radius 2 is 1.97 bits per heavy atom. The van der Waals surface area contributed by atoms with Gasteiger partial charge in [-0.2, -0.15) is 0 Å². The first-order valence-corrected chi connectivity index (χ1v) is 12.3. The lowest BCUT2D eigenvalue weighted by atomic mass is 10.1. The van der Waals surface area contributed by atoms with Crippen LogP contribution in [0.3, 0.4) is 0 Å². The normalized spacial score (nSPS) is 11.9. The average molecular weight is 496 g/mol. The predicted octanol–water partition coefficient (Wildman–Crippen LogP) is 6.36. The third-order valence-electron chi connectivity index (χ3n) is 6.36. The Hall–Kier alpha value is -4.44. The molecular formula is C26H18FN7OS. The highest BCUT2D eigenvalue weighted by atomic mass is 32.1. The zero-order valence-corrected chi connectivity index (χ0v) is 19.9. The van der Waals surface area contributed by atoms with Gasteiger partial charge in [-0.15, -0.1) is 11.3 Å². The molecule has 0 aliphatic carbocycles. The Balaban J connectivity index is 1.75. The van der Waals surface area contributed by atoms with Crippen LogP contribution in [-0.4, -0.2) is 40.6 Å². The molecule has 8 bridgehead atoms. The van der Waals surface area contributed by atoms with Crippen molar-refractivity contribution < 1.29 is 9.18 Å². The van der Waals surface area contributed by atoms with E-state index in [1.807, 2.05) is 25.1 Å². The summed E-state index contributed by atoms with van der Waals surface area (Å²) in [5.74, 6) is -0.483. The van der Waals surface area contributed by atoms with Crippen LogP contribution >= 0.6 is 11.3 Å². The predicted molar refractivity (Wildman–Crippen MR) is 139 cm³/mol. The Labute approximate surface area is 206 Å². The molecule has 8 nitrogen and oxygen atoms in total. The SMILES string of the molecule is CCCC(=O)n1c2cncc(c2)c2ccc3[nH][nH]c(c4nc5nccc(c6ccc1s6)c5n4)-c3c2F. The van der Waals surface area contributed by atoms with Crippen LogP contribution in [0.5, 0.6) is 0 Å². The highest BCUT2D eigenvalue weighted by molar-refractivity contribution is 7.24. The van der Waals surface area contributed by atoms with E-state index in [2.05, 4.69) is 25.1 Å². The number of fused-ring (bicyclic) bond motifs is 9. The fourth-order valence-corrected chi connectivity index (χ4v) is 5.76. The summed E-state index contributed by atoms with van der Waals surface area (Å²) in [5, 5.41) is 7.84. The number of hydrogen-bond acceptors (Lipinski definition) is 6. The van der Waals surface area contributed by atoms with Crippen LogP contribution in [0.1, 0.15) is 24.6 Å². The van der Waals surface area contributed by atoms with E-state index in [1.54, 1.807) is 41.4 Å². The van der Waals surface area contributed by atoms with Gasteiger partial charge in [-0.1, -0.05) is 6.92 Å². The maximum atomic E-state index is 16.1. The van der Waals surface area contributed by atoms with Crippen LogP contribution < -0.4 is 0 Å². The molecule has 0 amide bonds. The van der Waals surface area contributed by atoms with Gasteiger partial charge < -0.3 is 0 Å². The van der Waals surface area contributed by atoms with Gasteiger partial charge in [-0.3, -0.25) is 24.5 Å². The van der Waals surface area contributed by atoms with Gasteiger partial charge in [0.25, 0.3) is 0 Å². The number of carbonyl (C=O) groups is 1. The van der Waals surface area contributed by atoms with Crippen molar-refractivity contribution >= 4 is 70.8 Å². The van der Waals surface area contributed by atoms with E-state index in [-0.39, 0.29) is 5.91 Å². The van der Waals surface area contributed by atoms with E-state index in [1.165, 1.54) is 11.3 Å². The highest BCUT2D eigenvalue weighted by Gasteiger charge is 2.20. The van der Waals surface area contributed by atoms with Gasteiger partial charge in [0.2, 0.25) is 5.91 Å². The second kappa shape index (κ2) is 7.79. The van der Waals surface area contributed by atoms with Gasteiger partial charge in [-0.25, -0.2) is 19.3 Å². The molecule has 0 spiro atoms. The summed E-state index contributed by atoms with van der Waals surface area (Å²) < 4.78 is 18.7. The fourth-order valence-electron chi connectivity index (χ4n) is 4.69. The van der Waals surface area contributed by atoms with Crippen LogP contribution in [0.15, 0.2) is 55.0 Å². The molecule has 176 valence electrons. The van der Waals surface area contributed by atoms with Gasteiger partial charge >= 0.3 is 0 Å². The van der Waals surface area contributed by atoms with Gasteiger partial charge in [-0.05, 0) is 42.8 Å². The van der Waals surface area contributed by atoms with Gasteiger partial charge in [0.1, 0.15) is 21.9 Å².